The molecule has 0 radical (unpaired) electrons. The van der Waals surface area contributed by atoms with E-state index in [9.17, 15) is 0 Å². The van der Waals surface area contributed by atoms with Crippen molar-refractivity contribution in [1.82, 2.24) is 0 Å². The van der Waals surface area contributed by atoms with Crippen LogP contribution in [-0.4, -0.2) is 6.79 Å². The maximum Gasteiger partial charge on any atom is 1.00 e. The summed E-state index contributed by atoms with van der Waals surface area (Å²) >= 11 is 0. The van der Waals surface area contributed by atoms with Crippen LogP contribution in [0, 0.1) is 0 Å². The molecule has 1 nitrogen and oxygen atoms in total. The van der Waals surface area contributed by atoms with Gasteiger partial charge in [-0.05, 0) is 0 Å². The van der Waals surface area contributed by atoms with Crippen molar-refractivity contribution in [2.75, 3.05) is 0 Å². The Labute approximate surface area is 48.4 Å². The van der Waals surface area contributed by atoms with E-state index in [-0.39, 0.29) is 36.5 Å². The molecule has 0 aromatic heterocycles. The summed E-state index contributed by atoms with van der Waals surface area (Å²) in [5.41, 5.74) is 0. The molecule has 0 spiro atoms. The van der Waals surface area contributed by atoms with Crippen LogP contribution < -0.4 is 0 Å². The van der Waals surface area contributed by atoms with Gasteiger partial charge in [-0.1, -0.05) is 0 Å². The van der Waals surface area contributed by atoms with Crippen LogP contribution in [0.15, 0.2) is 0 Å². The first-order chi connectivity index (χ1) is 1.00. The van der Waals surface area contributed by atoms with Crippen LogP contribution in [0.5, 0.6) is 0 Å². The van der Waals surface area contributed by atoms with Gasteiger partial charge in [0, 0.05) is 19.5 Å². The Kier molecular flexibility index (Phi) is 243. The zero-order valence-electron chi connectivity index (χ0n) is 1.99. The molecule has 0 atom stereocenters. The van der Waals surface area contributed by atoms with E-state index >= 15 is 0 Å². The zero-order valence-corrected chi connectivity index (χ0v) is 5.90. The molecule has 0 aliphatic rings. The SMILES string of the molecule is [CH-]=O.[Cu+].[Zn]. The molecule has 0 saturated heterocycles. The zero-order chi connectivity index (χ0) is 2.00. The Hall–Kier alpha value is 0.813. The van der Waals surface area contributed by atoms with Crippen LogP contribution in [-0.2, 0) is 41.3 Å². The van der Waals surface area contributed by atoms with E-state index < -0.39 is 0 Å². The summed E-state index contributed by atoms with van der Waals surface area (Å²) in [7, 11) is 0. The van der Waals surface area contributed by atoms with Gasteiger partial charge in [0.2, 0.25) is 0 Å². The molecule has 0 aliphatic carbocycles. The standard InChI is InChI=1S/CHO.Cu.Zn/c1-2;;/h1H;;/q-1;+1;. The van der Waals surface area contributed by atoms with Crippen molar-refractivity contribution >= 4 is 6.79 Å². The van der Waals surface area contributed by atoms with Gasteiger partial charge in [-0.3, -0.25) is 6.79 Å². The van der Waals surface area contributed by atoms with E-state index in [0.29, 0.717) is 0 Å². The van der Waals surface area contributed by atoms with Gasteiger partial charge in [0.15, 0.2) is 0 Å². The second-order valence-electron chi connectivity index (χ2n) is 0. The van der Waals surface area contributed by atoms with E-state index in [4.69, 9.17) is 4.79 Å². The number of carbonyl (C=O) groups excluding carboxylic acids is 1. The topological polar surface area (TPSA) is 17.1 Å². The van der Waals surface area contributed by atoms with Crippen LogP contribution in [0.4, 0.5) is 0 Å². The monoisotopic (exact) mass is 156 g/mol. The van der Waals surface area contributed by atoms with E-state index in [1.807, 2.05) is 0 Å². The van der Waals surface area contributed by atoms with E-state index in [0.717, 1.165) is 0 Å². The Bertz CT molecular complexity index is 8.00. The largest absolute Gasteiger partial charge is 1.00 e. The van der Waals surface area contributed by atoms with Gasteiger partial charge >= 0.3 is 17.1 Å². The maximum atomic E-state index is 7.75. The second-order valence-corrected chi connectivity index (χ2v) is 0. The minimum Gasteiger partial charge on any atom is -0.545 e. The fourth-order valence-electron chi connectivity index (χ4n) is 0. The predicted molar refractivity (Wildman–Crippen MR) is 6.75 cm³/mol. The summed E-state index contributed by atoms with van der Waals surface area (Å²) in [6, 6.07) is 0. The van der Waals surface area contributed by atoms with Crippen LogP contribution in [0.3, 0.4) is 0 Å². The molecule has 0 N–H and O–H groups in total. The summed E-state index contributed by atoms with van der Waals surface area (Å²) in [5, 5.41) is 0. The van der Waals surface area contributed by atoms with Gasteiger partial charge in [-0.2, -0.15) is 0 Å². The van der Waals surface area contributed by atoms with Crippen molar-refractivity contribution < 1.29 is 41.3 Å². The summed E-state index contributed by atoms with van der Waals surface area (Å²) < 4.78 is 0. The van der Waals surface area contributed by atoms with E-state index in [2.05, 4.69) is 6.79 Å². The van der Waals surface area contributed by atoms with Gasteiger partial charge in [0.1, 0.15) is 0 Å². The van der Waals surface area contributed by atoms with Crippen molar-refractivity contribution in [3.05, 3.63) is 0 Å². The molecule has 0 amide bonds. The molecular weight excluding hydrogens is 157 g/mol. The molecule has 0 fully saturated rings. The fourth-order valence-corrected chi connectivity index (χ4v) is 0. The summed E-state index contributed by atoms with van der Waals surface area (Å²) in [6.07, 6.45) is 0. The van der Waals surface area contributed by atoms with Crippen molar-refractivity contribution in [3.8, 4) is 0 Å². The van der Waals surface area contributed by atoms with Gasteiger partial charge < -0.3 is 4.79 Å². The third-order valence-electron chi connectivity index (χ3n) is 0. The van der Waals surface area contributed by atoms with Crippen molar-refractivity contribution in [1.29, 1.82) is 0 Å². The average molecular weight is 158 g/mol. The van der Waals surface area contributed by atoms with Gasteiger partial charge in [-0.15, -0.1) is 0 Å². The maximum absolute atomic E-state index is 7.75. The minimum absolute atomic E-state index is 0. The van der Waals surface area contributed by atoms with Gasteiger partial charge in [0.05, 0.1) is 0 Å². The predicted octanol–water partition coefficient (Wildman–Crippen LogP) is -0.279. The molecule has 0 unspecified atom stereocenters. The van der Waals surface area contributed by atoms with Crippen molar-refractivity contribution in [2.24, 2.45) is 0 Å². The molecule has 0 bridgehead atoms. The molecule has 0 aromatic carbocycles. The molecule has 3 heteroatoms. The van der Waals surface area contributed by atoms with Crippen LogP contribution in [0.1, 0.15) is 0 Å². The normalized spacial score (nSPS) is 1.00. The molecule has 24 valence electrons. The smallest absolute Gasteiger partial charge is 0.545 e. The summed E-state index contributed by atoms with van der Waals surface area (Å²) in [4.78, 5) is 7.75. The third-order valence-corrected chi connectivity index (χ3v) is 0. The quantitative estimate of drug-likeness (QED) is 0.269. The van der Waals surface area contributed by atoms with Crippen molar-refractivity contribution in [3.63, 3.8) is 0 Å². The van der Waals surface area contributed by atoms with Crippen LogP contribution >= 0.6 is 0 Å². The Morgan fingerprint density at radius 1 is 1.25 bits per heavy atom. The van der Waals surface area contributed by atoms with Gasteiger partial charge in [-0.25, -0.2) is 0 Å². The van der Waals surface area contributed by atoms with Gasteiger partial charge in [0.25, 0.3) is 0 Å². The average Bonchev–Trinajstić information content (AvgIpc) is 1.00. The number of hydrogen-bond acceptors (Lipinski definition) is 1. The Balaban J connectivity index is -0.00000000500. The number of hydrogen-bond donors (Lipinski definition) is 0. The molecule has 0 aromatic rings. The molecule has 0 rings (SSSR count). The van der Waals surface area contributed by atoms with Crippen molar-refractivity contribution in [2.45, 2.75) is 0 Å². The first-order valence-corrected chi connectivity index (χ1v) is 0.236. The first kappa shape index (κ1) is 21.3. The van der Waals surface area contributed by atoms with Crippen LogP contribution in [0.2, 0.25) is 0 Å². The minimum atomic E-state index is 0. The van der Waals surface area contributed by atoms with E-state index in [1.165, 1.54) is 0 Å². The van der Waals surface area contributed by atoms with E-state index in [1.54, 1.807) is 0 Å². The van der Waals surface area contributed by atoms with Crippen LogP contribution in [0.25, 0.3) is 0 Å². The first-order valence-electron chi connectivity index (χ1n) is 0.236. The molecule has 0 heterocycles. The summed E-state index contributed by atoms with van der Waals surface area (Å²) in [5.74, 6) is 0. The fraction of sp³-hybridized carbons (Fsp3) is 0. The molecular formula is CHCuOZn. The summed E-state index contributed by atoms with van der Waals surface area (Å²) in [6.45, 7) is 3.25. The Morgan fingerprint density at radius 3 is 1.25 bits per heavy atom. The molecule has 4 heavy (non-hydrogen) atoms. The number of rotatable bonds is 0. The Morgan fingerprint density at radius 2 is 1.25 bits per heavy atom. The molecule has 0 saturated carbocycles. The molecule has 0 aliphatic heterocycles. The second kappa shape index (κ2) is 45.7. The third kappa shape index (κ3) is 14.0.